The fourth-order valence-electron chi connectivity index (χ4n) is 2.30. The molecule has 0 spiro atoms. The molecule has 0 saturated heterocycles. The van der Waals surface area contributed by atoms with Gasteiger partial charge in [-0.3, -0.25) is 4.79 Å². The summed E-state index contributed by atoms with van der Waals surface area (Å²) in [5.41, 5.74) is 1.01. The van der Waals surface area contributed by atoms with Gasteiger partial charge in [0.25, 0.3) is 0 Å². The first-order valence-corrected chi connectivity index (χ1v) is 7.71. The number of esters is 1. The third-order valence-corrected chi connectivity index (χ3v) is 3.66. The lowest BCUT2D eigenvalue weighted by molar-refractivity contribution is -0.136. The number of phenolic OH excluding ortho intramolecular Hbond substituents is 1. The van der Waals surface area contributed by atoms with Gasteiger partial charge in [0.2, 0.25) is 6.79 Å². The van der Waals surface area contributed by atoms with Crippen LogP contribution >= 0.6 is 0 Å². The second-order valence-corrected chi connectivity index (χ2v) is 5.36. The van der Waals surface area contributed by atoms with E-state index in [1.165, 1.54) is 25.3 Å². The standard InChI is InChI=1S/C19H16O7/c1-23-17-8-12(2-5-14(17)20)3-7-19(22)24-10-15(21)13-4-6-16-18(9-13)26-11-25-16/h2-9,20H,10-11H2,1H3/b7-3+. The normalized spacial score (nSPS) is 12.2. The minimum atomic E-state index is -0.661. The molecule has 2 aromatic carbocycles. The van der Waals surface area contributed by atoms with Crippen LogP contribution in [0.5, 0.6) is 23.0 Å². The zero-order chi connectivity index (χ0) is 18.5. The Bertz CT molecular complexity index is 870. The summed E-state index contributed by atoms with van der Waals surface area (Å²) in [5, 5.41) is 9.53. The van der Waals surface area contributed by atoms with Gasteiger partial charge in [-0.2, -0.15) is 0 Å². The second kappa shape index (κ2) is 7.60. The molecule has 7 nitrogen and oxygen atoms in total. The molecule has 1 aliphatic heterocycles. The van der Waals surface area contributed by atoms with Crippen LogP contribution in [0.3, 0.4) is 0 Å². The van der Waals surface area contributed by atoms with Gasteiger partial charge in [-0.25, -0.2) is 4.79 Å². The number of benzene rings is 2. The molecule has 1 aliphatic rings. The van der Waals surface area contributed by atoms with Crippen molar-refractivity contribution in [1.82, 2.24) is 0 Å². The number of aromatic hydroxyl groups is 1. The number of ketones is 1. The monoisotopic (exact) mass is 356 g/mol. The summed E-state index contributed by atoms with van der Waals surface area (Å²) in [6.45, 7) is -0.267. The van der Waals surface area contributed by atoms with Crippen molar-refractivity contribution in [1.29, 1.82) is 0 Å². The molecule has 2 aromatic rings. The third-order valence-electron chi connectivity index (χ3n) is 3.66. The van der Waals surface area contributed by atoms with Gasteiger partial charge < -0.3 is 24.1 Å². The van der Waals surface area contributed by atoms with Crippen molar-refractivity contribution in [3.63, 3.8) is 0 Å². The second-order valence-electron chi connectivity index (χ2n) is 5.36. The molecule has 0 radical (unpaired) electrons. The lowest BCUT2D eigenvalue weighted by Gasteiger charge is -2.04. The molecule has 1 heterocycles. The van der Waals surface area contributed by atoms with Crippen molar-refractivity contribution in [3.8, 4) is 23.0 Å². The number of carbonyl (C=O) groups is 2. The number of methoxy groups -OCH3 is 1. The summed E-state index contributed by atoms with van der Waals surface area (Å²) < 4.78 is 20.3. The molecule has 0 fully saturated rings. The molecule has 0 bridgehead atoms. The van der Waals surface area contributed by atoms with Crippen molar-refractivity contribution in [3.05, 3.63) is 53.6 Å². The van der Waals surface area contributed by atoms with Gasteiger partial charge in [0.05, 0.1) is 7.11 Å². The van der Waals surface area contributed by atoms with E-state index in [1.54, 1.807) is 30.3 Å². The van der Waals surface area contributed by atoms with Gasteiger partial charge in [0, 0.05) is 11.6 Å². The summed E-state index contributed by atoms with van der Waals surface area (Å²) in [7, 11) is 1.43. The average Bonchev–Trinajstić information content (AvgIpc) is 3.13. The number of carbonyl (C=O) groups excluding carboxylic acids is 2. The molecule has 0 saturated carbocycles. The molecule has 0 aliphatic carbocycles. The van der Waals surface area contributed by atoms with Crippen LogP contribution in [-0.4, -0.2) is 37.4 Å². The molecule has 0 unspecified atom stereocenters. The molecular weight excluding hydrogens is 340 g/mol. The van der Waals surface area contributed by atoms with Gasteiger partial charge in [-0.05, 0) is 42.0 Å². The topological polar surface area (TPSA) is 91.3 Å². The van der Waals surface area contributed by atoms with Gasteiger partial charge >= 0.3 is 5.97 Å². The van der Waals surface area contributed by atoms with Gasteiger partial charge in [-0.1, -0.05) is 6.07 Å². The number of fused-ring (bicyclic) bond motifs is 1. The van der Waals surface area contributed by atoms with Crippen LogP contribution in [0, 0.1) is 0 Å². The van der Waals surface area contributed by atoms with Crippen LogP contribution in [-0.2, 0) is 9.53 Å². The Labute approximate surface area is 149 Å². The van der Waals surface area contributed by atoms with E-state index in [2.05, 4.69) is 0 Å². The first-order chi connectivity index (χ1) is 12.6. The first-order valence-electron chi connectivity index (χ1n) is 7.71. The summed E-state index contributed by atoms with van der Waals surface area (Å²) in [5.74, 6) is 0.344. The van der Waals surface area contributed by atoms with Crippen LogP contribution in [0.2, 0.25) is 0 Å². The quantitative estimate of drug-likeness (QED) is 0.483. The van der Waals surface area contributed by atoms with E-state index in [4.69, 9.17) is 18.9 Å². The number of ether oxygens (including phenoxy) is 4. The minimum absolute atomic E-state index is 0.00143. The predicted octanol–water partition coefficient (Wildman–Crippen LogP) is 2.57. The highest BCUT2D eigenvalue weighted by Crippen LogP contribution is 2.32. The van der Waals surface area contributed by atoms with E-state index in [0.717, 1.165) is 0 Å². The predicted molar refractivity (Wildman–Crippen MR) is 91.5 cm³/mol. The van der Waals surface area contributed by atoms with Crippen molar-refractivity contribution >= 4 is 17.8 Å². The summed E-state index contributed by atoms with van der Waals surface area (Å²) >= 11 is 0. The van der Waals surface area contributed by atoms with Crippen LogP contribution in [0.25, 0.3) is 6.08 Å². The smallest absolute Gasteiger partial charge is 0.331 e. The van der Waals surface area contributed by atoms with E-state index in [-0.39, 0.29) is 24.9 Å². The molecule has 0 aromatic heterocycles. The highest BCUT2D eigenvalue weighted by atomic mass is 16.7. The van der Waals surface area contributed by atoms with Gasteiger partial charge in [-0.15, -0.1) is 0 Å². The van der Waals surface area contributed by atoms with E-state index in [0.29, 0.717) is 28.4 Å². The van der Waals surface area contributed by atoms with Crippen LogP contribution in [0.4, 0.5) is 0 Å². The maximum absolute atomic E-state index is 12.1. The van der Waals surface area contributed by atoms with Gasteiger partial charge in [0.15, 0.2) is 35.4 Å². The number of hydrogen-bond donors (Lipinski definition) is 1. The summed E-state index contributed by atoms with van der Waals surface area (Å²) in [4.78, 5) is 23.9. The molecular formula is C19H16O7. The van der Waals surface area contributed by atoms with Crippen molar-refractivity contribution in [2.24, 2.45) is 0 Å². The lowest BCUT2D eigenvalue weighted by atomic mass is 10.1. The molecule has 26 heavy (non-hydrogen) atoms. The Morgan fingerprint density at radius 3 is 2.77 bits per heavy atom. The highest BCUT2D eigenvalue weighted by Gasteiger charge is 2.16. The number of Topliss-reactive ketones (excluding diaryl/α,β-unsaturated/α-hetero) is 1. The van der Waals surface area contributed by atoms with E-state index in [9.17, 15) is 14.7 Å². The maximum Gasteiger partial charge on any atom is 0.331 e. The van der Waals surface area contributed by atoms with Crippen LogP contribution in [0.1, 0.15) is 15.9 Å². The van der Waals surface area contributed by atoms with Crippen LogP contribution in [0.15, 0.2) is 42.5 Å². The van der Waals surface area contributed by atoms with Crippen molar-refractivity contribution < 1.29 is 33.6 Å². The van der Waals surface area contributed by atoms with E-state index in [1.807, 2.05) is 0 Å². The molecule has 0 amide bonds. The third kappa shape index (κ3) is 3.94. The zero-order valence-corrected chi connectivity index (χ0v) is 13.9. The largest absolute Gasteiger partial charge is 0.504 e. The Hall–Kier alpha value is -3.48. The van der Waals surface area contributed by atoms with Crippen molar-refractivity contribution in [2.45, 2.75) is 0 Å². The Balaban J connectivity index is 1.56. The van der Waals surface area contributed by atoms with E-state index >= 15 is 0 Å². The number of hydrogen-bond acceptors (Lipinski definition) is 7. The number of phenols is 1. The SMILES string of the molecule is COc1cc(/C=C/C(=O)OCC(=O)c2ccc3c(c2)OCO3)ccc1O. The first kappa shape index (κ1) is 17.3. The van der Waals surface area contributed by atoms with Crippen LogP contribution < -0.4 is 14.2 Å². The molecule has 7 heteroatoms. The fourth-order valence-corrected chi connectivity index (χ4v) is 2.30. The summed E-state index contributed by atoms with van der Waals surface area (Å²) in [6.07, 6.45) is 2.69. The number of rotatable bonds is 6. The van der Waals surface area contributed by atoms with Crippen molar-refractivity contribution in [2.75, 3.05) is 20.5 Å². The Kier molecular flexibility index (Phi) is 5.07. The highest BCUT2D eigenvalue weighted by molar-refractivity contribution is 5.99. The average molecular weight is 356 g/mol. The van der Waals surface area contributed by atoms with E-state index < -0.39 is 5.97 Å². The Morgan fingerprint density at radius 2 is 1.96 bits per heavy atom. The Morgan fingerprint density at radius 1 is 1.15 bits per heavy atom. The van der Waals surface area contributed by atoms with Gasteiger partial charge in [0.1, 0.15) is 0 Å². The fraction of sp³-hybridized carbons (Fsp3) is 0.158. The molecule has 134 valence electrons. The molecule has 0 atom stereocenters. The summed E-state index contributed by atoms with van der Waals surface area (Å²) in [6, 6.07) is 9.40. The minimum Gasteiger partial charge on any atom is -0.504 e. The maximum atomic E-state index is 12.1. The molecule has 3 rings (SSSR count). The molecule has 1 N–H and O–H groups in total. The zero-order valence-electron chi connectivity index (χ0n) is 13.9. The lowest BCUT2D eigenvalue weighted by Crippen LogP contribution is -2.12.